The number of anilines is 1. The number of nitrogens with zero attached hydrogens (tertiary/aromatic N) is 2. The maximum absolute atomic E-state index is 11.4. The van der Waals surface area contributed by atoms with Crippen LogP contribution < -0.4 is 15.8 Å². The maximum Gasteiger partial charge on any atom is 0.258 e. The van der Waals surface area contributed by atoms with E-state index in [2.05, 4.69) is 21.5 Å². The SMILES string of the molecule is CC(C)Oc1ccc(-c2nc(-c3cccc4c3CC[C@@H]4NCCS(C)(=O)=O)no2)cc1N. The number of nitrogens with one attached hydrogen (secondary N) is 1. The molecular weight excluding hydrogens is 428 g/mol. The summed E-state index contributed by atoms with van der Waals surface area (Å²) in [6.07, 6.45) is 3.04. The van der Waals surface area contributed by atoms with Gasteiger partial charge < -0.3 is 20.3 Å². The lowest BCUT2D eigenvalue weighted by atomic mass is 10.0. The van der Waals surface area contributed by atoms with Crippen molar-refractivity contribution in [1.82, 2.24) is 15.5 Å². The first-order valence-corrected chi connectivity index (χ1v) is 12.7. The molecule has 0 aliphatic heterocycles. The van der Waals surface area contributed by atoms with Gasteiger partial charge in [-0.3, -0.25) is 0 Å². The minimum Gasteiger partial charge on any atom is -0.489 e. The van der Waals surface area contributed by atoms with Crippen LogP contribution in [0.2, 0.25) is 0 Å². The van der Waals surface area contributed by atoms with Gasteiger partial charge in [0.1, 0.15) is 15.6 Å². The number of sulfone groups is 1. The predicted octanol–water partition coefficient (Wildman–Crippen LogP) is 3.39. The van der Waals surface area contributed by atoms with E-state index in [1.54, 1.807) is 6.07 Å². The van der Waals surface area contributed by atoms with Crippen molar-refractivity contribution in [2.75, 3.05) is 24.3 Å². The van der Waals surface area contributed by atoms with E-state index in [1.165, 1.54) is 6.26 Å². The number of fused-ring (bicyclic) bond motifs is 1. The molecule has 2 aromatic carbocycles. The van der Waals surface area contributed by atoms with Crippen LogP contribution in [-0.2, 0) is 16.3 Å². The third-order valence-corrected chi connectivity index (χ3v) is 6.37. The second-order valence-electron chi connectivity index (χ2n) is 8.39. The fourth-order valence-corrected chi connectivity index (χ4v) is 4.48. The number of ether oxygens (including phenoxy) is 1. The fourth-order valence-electron chi connectivity index (χ4n) is 3.99. The minimum absolute atomic E-state index is 0.0306. The van der Waals surface area contributed by atoms with Crippen LogP contribution in [0.5, 0.6) is 5.75 Å². The third kappa shape index (κ3) is 4.94. The molecule has 8 nitrogen and oxygen atoms in total. The zero-order valence-corrected chi connectivity index (χ0v) is 19.3. The second kappa shape index (κ2) is 8.91. The average Bonchev–Trinajstić information content (AvgIpc) is 3.36. The minimum atomic E-state index is -2.99. The molecule has 170 valence electrons. The highest BCUT2D eigenvalue weighted by molar-refractivity contribution is 7.90. The van der Waals surface area contributed by atoms with Crippen molar-refractivity contribution >= 4 is 15.5 Å². The highest BCUT2D eigenvalue weighted by atomic mass is 32.2. The lowest BCUT2D eigenvalue weighted by molar-refractivity contribution is 0.244. The lowest BCUT2D eigenvalue weighted by Gasteiger charge is -2.14. The molecule has 1 heterocycles. The van der Waals surface area contributed by atoms with Crippen LogP contribution in [0, 0.1) is 0 Å². The Balaban J connectivity index is 1.55. The fraction of sp³-hybridized carbons (Fsp3) is 0.391. The Labute approximate surface area is 188 Å². The number of hydrogen-bond donors (Lipinski definition) is 2. The topological polar surface area (TPSA) is 120 Å². The van der Waals surface area contributed by atoms with Gasteiger partial charge in [0.05, 0.1) is 17.5 Å². The van der Waals surface area contributed by atoms with Gasteiger partial charge in [-0.2, -0.15) is 4.98 Å². The van der Waals surface area contributed by atoms with Crippen molar-refractivity contribution in [3.05, 3.63) is 47.5 Å². The maximum atomic E-state index is 11.4. The predicted molar refractivity (Wildman–Crippen MR) is 124 cm³/mol. The first kappa shape index (κ1) is 22.3. The molecule has 9 heteroatoms. The van der Waals surface area contributed by atoms with Crippen molar-refractivity contribution in [2.24, 2.45) is 0 Å². The van der Waals surface area contributed by atoms with E-state index in [4.69, 9.17) is 15.0 Å². The van der Waals surface area contributed by atoms with Crippen LogP contribution in [0.25, 0.3) is 22.8 Å². The summed E-state index contributed by atoms with van der Waals surface area (Å²) in [5, 5.41) is 7.56. The Hall–Kier alpha value is -2.91. The molecular formula is C23H28N4O4S. The molecule has 0 saturated heterocycles. The monoisotopic (exact) mass is 456 g/mol. The number of nitrogen functional groups attached to an aromatic ring is 1. The molecule has 0 spiro atoms. The molecule has 0 radical (unpaired) electrons. The normalized spacial score (nSPS) is 15.8. The van der Waals surface area contributed by atoms with Crippen LogP contribution in [-0.4, -0.2) is 43.2 Å². The Bertz CT molecular complexity index is 1220. The van der Waals surface area contributed by atoms with E-state index in [9.17, 15) is 8.42 Å². The van der Waals surface area contributed by atoms with Gasteiger partial charge in [-0.15, -0.1) is 0 Å². The number of nitrogens with two attached hydrogens (primary N) is 1. The van der Waals surface area contributed by atoms with E-state index in [1.807, 2.05) is 38.1 Å². The lowest BCUT2D eigenvalue weighted by Crippen LogP contribution is -2.25. The summed E-state index contributed by atoms with van der Waals surface area (Å²) in [6.45, 7) is 4.32. The first-order valence-electron chi connectivity index (χ1n) is 10.6. The van der Waals surface area contributed by atoms with Gasteiger partial charge in [-0.25, -0.2) is 8.42 Å². The number of rotatable bonds is 8. The molecule has 3 N–H and O–H groups in total. The molecule has 0 saturated carbocycles. The average molecular weight is 457 g/mol. The highest BCUT2D eigenvalue weighted by Crippen LogP contribution is 2.37. The van der Waals surface area contributed by atoms with Gasteiger partial charge in [0.15, 0.2) is 0 Å². The van der Waals surface area contributed by atoms with E-state index in [0.717, 1.165) is 35.1 Å². The summed E-state index contributed by atoms with van der Waals surface area (Å²) in [5.41, 5.74) is 10.6. The molecule has 32 heavy (non-hydrogen) atoms. The summed E-state index contributed by atoms with van der Waals surface area (Å²) in [7, 11) is -2.99. The van der Waals surface area contributed by atoms with Crippen molar-refractivity contribution in [3.8, 4) is 28.6 Å². The van der Waals surface area contributed by atoms with E-state index >= 15 is 0 Å². The Morgan fingerprint density at radius 2 is 2.09 bits per heavy atom. The molecule has 3 aromatic rings. The summed E-state index contributed by atoms with van der Waals surface area (Å²) in [5.74, 6) is 1.66. The van der Waals surface area contributed by atoms with Gasteiger partial charge in [0.2, 0.25) is 5.82 Å². The summed E-state index contributed by atoms with van der Waals surface area (Å²) in [6, 6.07) is 11.6. The second-order valence-corrected chi connectivity index (χ2v) is 10.7. The van der Waals surface area contributed by atoms with Crippen LogP contribution >= 0.6 is 0 Å². The molecule has 0 fully saturated rings. The summed E-state index contributed by atoms with van der Waals surface area (Å²) < 4.78 is 34.0. The van der Waals surface area contributed by atoms with Crippen molar-refractivity contribution < 1.29 is 17.7 Å². The zero-order valence-electron chi connectivity index (χ0n) is 18.5. The number of benzene rings is 2. The van der Waals surface area contributed by atoms with Crippen LogP contribution in [0.3, 0.4) is 0 Å². The number of aromatic nitrogens is 2. The molecule has 1 aliphatic carbocycles. The highest BCUT2D eigenvalue weighted by Gasteiger charge is 2.26. The van der Waals surface area contributed by atoms with E-state index in [0.29, 0.717) is 29.7 Å². The summed E-state index contributed by atoms with van der Waals surface area (Å²) >= 11 is 0. The zero-order chi connectivity index (χ0) is 22.9. The van der Waals surface area contributed by atoms with Crippen LogP contribution in [0.1, 0.15) is 37.4 Å². The van der Waals surface area contributed by atoms with Crippen LogP contribution in [0.15, 0.2) is 40.9 Å². The largest absolute Gasteiger partial charge is 0.489 e. The van der Waals surface area contributed by atoms with Gasteiger partial charge in [0.25, 0.3) is 5.89 Å². The van der Waals surface area contributed by atoms with Gasteiger partial charge >= 0.3 is 0 Å². The summed E-state index contributed by atoms with van der Waals surface area (Å²) in [4.78, 5) is 4.61. The third-order valence-electron chi connectivity index (χ3n) is 5.42. The quantitative estimate of drug-likeness (QED) is 0.495. The molecule has 1 aromatic heterocycles. The van der Waals surface area contributed by atoms with Crippen molar-refractivity contribution in [3.63, 3.8) is 0 Å². The molecule has 0 amide bonds. The molecule has 0 unspecified atom stereocenters. The molecule has 1 atom stereocenters. The Kier molecular flexibility index (Phi) is 6.21. The molecule has 4 rings (SSSR count). The Morgan fingerprint density at radius 1 is 1.28 bits per heavy atom. The standard InChI is InChI=1S/C23H28N4O4S/c1-14(2)30-21-10-7-15(13-19(21)24)23-26-22(27-31-23)18-6-4-5-17-16(18)8-9-20(17)25-11-12-32(3,28)29/h4-7,10,13-14,20,25H,8-9,11-12,24H2,1-3H3/t20-/m0/s1. The van der Waals surface area contributed by atoms with Gasteiger partial charge in [0, 0.05) is 30.0 Å². The van der Waals surface area contributed by atoms with Crippen molar-refractivity contribution in [2.45, 2.75) is 38.8 Å². The van der Waals surface area contributed by atoms with Gasteiger partial charge in [-0.1, -0.05) is 23.4 Å². The van der Waals surface area contributed by atoms with Crippen LogP contribution in [0.4, 0.5) is 5.69 Å². The van der Waals surface area contributed by atoms with E-state index in [-0.39, 0.29) is 17.9 Å². The first-order chi connectivity index (χ1) is 15.2. The van der Waals surface area contributed by atoms with Gasteiger partial charge in [-0.05, 0) is 56.0 Å². The number of hydrogen-bond acceptors (Lipinski definition) is 8. The smallest absolute Gasteiger partial charge is 0.258 e. The van der Waals surface area contributed by atoms with Crippen molar-refractivity contribution in [1.29, 1.82) is 0 Å². The molecule has 1 aliphatic rings. The Morgan fingerprint density at radius 3 is 2.81 bits per heavy atom. The molecule has 0 bridgehead atoms. The van der Waals surface area contributed by atoms with E-state index < -0.39 is 9.84 Å².